The Labute approximate surface area is 771 Å². The maximum atomic E-state index is 14.3. The second kappa shape index (κ2) is 44.5. The first-order chi connectivity index (χ1) is 64.7. The maximum Gasteiger partial charge on any atom is 0.409 e. The Morgan fingerprint density at radius 1 is 0.586 bits per heavy atom. The number of alkyl carbamates (subject to hydrolysis) is 1. The number of nitrogens with zero attached hydrogens (tertiary/aromatic N) is 9. The third-order valence-corrected chi connectivity index (χ3v) is 26.8. The van der Waals surface area contributed by atoms with Crippen LogP contribution in [0.1, 0.15) is 152 Å². The Morgan fingerprint density at radius 3 is 1.69 bits per heavy atom. The number of anilines is 2. The smallest absolute Gasteiger partial charge is 0.409 e. The van der Waals surface area contributed by atoms with Crippen LogP contribution in [-0.4, -0.2) is 179 Å². The summed E-state index contributed by atoms with van der Waals surface area (Å²) in [7, 11) is 0.286. The van der Waals surface area contributed by atoms with Gasteiger partial charge in [-0.1, -0.05) is 164 Å². The van der Waals surface area contributed by atoms with Gasteiger partial charge in [-0.2, -0.15) is 20.5 Å². The molecule has 33 nitrogen and oxygen atoms in total. The van der Waals surface area contributed by atoms with Crippen LogP contribution in [-0.2, 0) is 68.0 Å². The predicted octanol–water partition coefficient (Wildman–Crippen LogP) is 15.6. The number of nitrogens with one attached hydrogen (secondary N) is 5. The van der Waals surface area contributed by atoms with Crippen LogP contribution >= 0.6 is 17.1 Å². The van der Waals surface area contributed by atoms with Gasteiger partial charge in [0.25, 0.3) is 20.0 Å². The monoisotopic (exact) mass is 1840 g/mol. The third-order valence-electron chi connectivity index (χ3n) is 23.5. The molecule has 35 heteroatoms. The first-order valence-corrected chi connectivity index (χ1v) is 46.2. The molecule has 5 heterocycles. The minimum Gasteiger partial charge on any atom is -0.497 e. The Morgan fingerprint density at radius 2 is 1.12 bits per heavy atom. The van der Waals surface area contributed by atoms with Crippen LogP contribution in [0.2, 0.25) is 0 Å². The molecule has 8 unspecified atom stereocenters. The predicted molar refractivity (Wildman–Crippen MR) is 495 cm³/mol. The molecule has 2 fully saturated rings. The Balaban J connectivity index is 0.642. The Bertz CT molecular complexity index is 5970. The summed E-state index contributed by atoms with van der Waals surface area (Å²) in [6.07, 6.45) is -4.35. The highest BCUT2D eigenvalue weighted by atomic mass is 31.2. The standard InChI is InChI=1S/C98H104N14O19P2/c1-62(2)112(63(3)4)132(125-52-20-47-99)130-81-54-88(110-51-46-85(105-95(110)117)104-86(113)32-19-50-109(5)97(119)123-58-80-77-30-17-13-26-73(77)74-27-14-18-31-78(74)80)129-84(81)60-127-133(126-53-21-48-100)131-82-55-89(128-83(82)59-124-98(66-22-9-8-10-23-66,67-37-41-69(120-6)42-38-67)68-39-43-70(121-7)44-40-68)111-61-103-90-91(111)107-94(108-93(90)116)106-87(114)45-49-101-92(115)65-35-33-64(34-36-65)56-102-96(118)122-57-79-75-28-15-11-24-71(75)72-25-12-16-29-76(72)79/h8-18,22-31,33-44,46,51,61-63,79-84,88-89H,19-21,32,45,49-50,52-60H2,1-7H3,(H,101,115)(H,102,118)(H,104,105,113,117)(H2,106,107,108,114,116). The van der Waals surface area contributed by atoms with Crippen molar-refractivity contribution in [3.63, 3.8) is 0 Å². The number of aromatic nitrogens is 6. The van der Waals surface area contributed by atoms with Gasteiger partial charge in [0.15, 0.2) is 11.2 Å². The van der Waals surface area contributed by atoms with Crippen LogP contribution < -0.4 is 42.0 Å². The molecule has 133 heavy (non-hydrogen) atoms. The zero-order valence-electron chi connectivity index (χ0n) is 74.5. The molecule has 11 aromatic rings. The van der Waals surface area contributed by atoms with Gasteiger partial charge in [-0.3, -0.25) is 38.6 Å². The summed E-state index contributed by atoms with van der Waals surface area (Å²) in [5.74, 6) is -0.807. The molecule has 2 saturated heterocycles. The Hall–Kier alpha value is -13.0. The highest BCUT2D eigenvalue weighted by Crippen LogP contribution is 2.54. The van der Waals surface area contributed by atoms with Crippen LogP contribution in [0.15, 0.2) is 228 Å². The van der Waals surface area contributed by atoms with Crippen molar-refractivity contribution >= 4 is 70.0 Å². The highest BCUT2D eigenvalue weighted by Gasteiger charge is 2.47. The molecule has 4 aliphatic rings. The number of nitriles is 2. The molecule has 690 valence electrons. The average Bonchev–Trinajstić information content (AvgIpc) is 1.76. The van der Waals surface area contributed by atoms with Crippen molar-refractivity contribution in [2.75, 3.05) is 84.6 Å². The summed E-state index contributed by atoms with van der Waals surface area (Å²) in [4.78, 5) is 113. The zero-order valence-corrected chi connectivity index (χ0v) is 76.3. The van der Waals surface area contributed by atoms with E-state index in [1.807, 2.05) is 179 Å². The maximum absolute atomic E-state index is 14.3. The number of aromatic amines is 1. The normalized spacial score (nSPS) is 17.1. The van der Waals surface area contributed by atoms with Crippen molar-refractivity contribution in [2.45, 2.75) is 146 Å². The summed E-state index contributed by atoms with van der Waals surface area (Å²) in [5, 5.41) is 30.7. The summed E-state index contributed by atoms with van der Waals surface area (Å²) in [5.41, 5.74) is 9.03. The number of ether oxygens (including phenoxy) is 7. The van der Waals surface area contributed by atoms with Crippen LogP contribution in [0.5, 0.6) is 11.5 Å². The molecule has 3 aromatic heterocycles. The molecule has 8 atom stereocenters. The van der Waals surface area contributed by atoms with Gasteiger partial charge in [0.1, 0.15) is 60.8 Å². The van der Waals surface area contributed by atoms with Gasteiger partial charge in [-0.05, 0) is 143 Å². The molecule has 8 aromatic carbocycles. The lowest BCUT2D eigenvalue weighted by atomic mass is 9.80. The van der Waals surface area contributed by atoms with Crippen molar-refractivity contribution in [1.29, 1.82) is 10.5 Å². The minimum absolute atomic E-state index is 0.0106. The molecular weight excluding hydrogens is 1740 g/mol. The third kappa shape index (κ3) is 22.5. The first-order valence-electron chi connectivity index (χ1n) is 44.0. The number of rotatable bonds is 42. The molecule has 5 N–H and O–H groups in total. The number of hydrogen-bond acceptors (Lipinski definition) is 25. The largest absolute Gasteiger partial charge is 0.497 e. The van der Waals surface area contributed by atoms with Crippen molar-refractivity contribution in [2.24, 2.45) is 0 Å². The number of imidazole rings is 1. The van der Waals surface area contributed by atoms with Crippen LogP contribution in [0.25, 0.3) is 33.4 Å². The number of fused-ring (bicyclic) bond motifs is 7. The van der Waals surface area contributed by atoms with Gasteiger partial charge < -0.3 is 76.6 Å². The zero-order chi connectivity index (χ0) is 93.1. The van der Waals surface area contributed by atoms with Gasteiger partial charge in [0.05, 0.1) is 84.2 Å². The lowest BCUT2D eigenvalue weighted by molar-refractivity contribution is -0.117. The van der Waals surface area contributed by atoms with E-state index in [0.717, 1.165) is 50.1 Å². The summed E-state index contributed by atoms with van der Waals surface area (Å²) in [6, 6.07) is 69.0. The van der Waals surface area contributed by atoms with Crippen molar-refractivity contribution in [3.8, 4) is 45.9 Å². The van der Waals surface area contributed by atoms with Crippen LogP contribution in [0.4, 0.5) is 21.4 Å². The molecule has 15 rings (SSSR count). The van der Waals surface area contributed by atoms with E-state index in [9.17, 15) is 44.1 Å². The second-order valence-electron chi connectivity index (χ2n) is 32.7. The summed E-state index contributed by atoms with van der Waals surface area (Å²) >= 11 is 0. The van der Waals surface area contributed by atoms with E-state index in [0.29, 0.717) is 33.8 Å². The highest BCUT2D eigenvalue weighted by molar-refractivity contribution is 7.44. The quantitative estimate of drug-likeness (QED) is 0.0135. The number of hydrogen-bond donors (Lipinski definition) is 5. The van der Waals surface area contributed by atoms with E-state index < -0.39 is 101 Å². The lowest BCUT2D eigenvalue weighted by Crippen LogP contribution is -2.38. The van der Waals surface area contributed by atoms with E-state index >= 15 is 0 Å². The van der Waals surface area contributed by atoms with Gasteiger partial charge in [-0.15, -0.1) is 0 Å². The molecule has 0 saturated carbocycles. The van der Waals surface area contributed by atoms with Crippen LogP contribution in [0.3, 0.4) is 0 Å². The fraction of sp³-hybridized carbons (Fsp3) is 0.347. The minimum atomic E-state index is -2.54. The average molecular weight is 1840 g/mol. The number of carbonyl (C=O) groups excluding carboxylic acids is 5. The number of benzene rings is 8. The fourth-order valence-electron chi connectivity index (χ4n) is 17.0. The first kappa shape index (κ1) is 94.7. The number of carbonyl (C=O) groups is 5. The summed E-state index contributed by atoms with van der Waals surface area (Å²) < 4.78 is 82.9. The van der Waals surface area contributed by atoms with Crippen LogP contribution in [0, 0.1) is 22.7 Å². The fourth-order valence-corrected chi connectivity index (χ4v) is 19.9. The molecule has 2 aliphatic heterocycles. The van der Waals surface area contributed by atoms with Gasteiger partial charge >= 0.3 is 26.5 Å². The number of amides is 5. The molecule has 5 amide bonds. The number of H-pyrrole nitrogens is 1. The molecule has 0 spiro atoms. The lowest BCUT2D eigenvalue weighted by Gasteiger charge is -2.37. The van der Waals surface area contributed by atoms with Crippen molar-refractivity contribution < 1.29 is 79.7 Å². The molecule has 0 radical (unpaired) electrons. The van der Waals surface area contributed by atoms with E-state index in [2.05, 4.69) is 77.3 Å². The SMILES string of the molecule is COc1ccc(C(OCC2OC(n3cnc4c(=O)[nH]c(NC(=O)CCNC(=O)c5ccc(CNC(=O)OCC6c7ccccc7-c7ccccc76)cc5)nc43)CC2OP(OCCC#N)OCC2OC(n3ccc(NC(=O)CCCN(C)C(=O)OCC4c5ccccc5-c5ccccc54)nc3=O)CC2OP(OCCC#N)N(C(C)C)C(C)C)(c2ccccc2)c2ccc(OC)cc2)cc1. The van der Waals surface area contributed by atoms with E-state index in [4.69, 9.17) is 60.8 Å². The molecule has 2 aliphatic carbocycles. The van der Waals surface area contributed by atoms with E-state index in [1.54, 1.807) is 45.5 Å². The summed E-state index contributed by atoms with van der Waals surface area (Å²) in [6.45, 7) is 7.85. The van der Waals surface area contributed by atoms with Crippen molar-refractivity contribution in [1.82, 2.24) is 49.3 Å². The van der Waals surface area contributed by atoms with E-state index in [-0.39, 0.29) is 151 Å². The second-order valence-corrected chi connectivity index (χ2v) is 35.3. The Kier molecular flexibility index (Phi) is 31.7. The molecular formula is C98H104N14O19P2. The van der Waals surface area contributed by atoms with Gasteiger partial charge in [-0.25, -0.2) is 24.0 Å². The van der Waals surface area contributed by atoms with Crippen molar-refractivity contribution in [3.05, 3.63) is 290 Å². The number of methoxy groups -OCH3 is 2. The van der Waals surface area contributed by atoms with Gasteiger partial charge in [0.2, 0.25) is 17.8 Å². The molecule has 0 bridgehead atoms. The topological polar surface area (TPSA) is 397 Å². The van der Waals surface area contributed by atoms with Gasteiger partial charge in [0, 0.05) is 88.0 Å². The van der Waals surface area contributed by atoms with E-state index in [1.165, 1.54) is 32.6 Å².